The molecular formula is C19H19NO2. The summed E-state index contributed by atoms with van der Waals surface area (Å²) in [6.45, 7) is 3.55. The van der Waals surface area contributed by atoms with E-state index in [1.165, 1.54) is 12.5 Å². The Morgan fingerprint density at radius 2 is 1.64 bits per heavy atom. The smallest absolute Gasteiger partial charge is 0.221 e. The molecule has 0 aliphatic carbocycles. The Bertz CT molecular complexity index is 682. The summed E-state index contributed by atoms with van der Waals surface area (Å²) in [4.78, 5) is 23.0. The Morgan fingerprint density at radius 1 is 1.00 bits per heavy atom. The molecule has 3 heteroatoms. The van der Waals surface area contributed by atoms with Crippen LogP contribution in [0, 0.1) is 0 Å². The van der Waals surface area contributed by atoms with Gasteiger partial charge in [0.15, 0.2) is 5.78 Å². The summed E-state index contributed by atoms with van der Waals surface area (Å²) in [7, 11) is 0. The van der Waals surface area contributed by atoms with Crippen LogP contribution in [0.1, 0.15) is 35.3 Å². The third-order valence-corrected chi connectivity index (χ3v) is 3.30. The van der Waals surface area contributed by atoms with E-state index in [9.17, 15) is 9.59 Å². The standard InChI is InChI=1S/C19H19NO2/c1-3-15-4-9-17(10-5-15)19(22)13-8-16-6-11-18(12-7-16)20-14(2)21/h4-13H,3H2,1-2H3,(H,20,21)/b13-8+. The molecular weight excluding hydrogens is 274 g/mol. The SMILES string of the molecule is CCc1ccc(C(=O)/C=C/c2ccc(NC(C)=O)cc2)cc1. The number of nitrogens with one attached hydrogen (secondary N) is 1. The lowest BCUT2D eigenvalue weighted by atomic mass is 10.1. The van der Waals surface area contributed by atoms with Gasteiger partial charge in [0.05, 0.1) is 0 Å². The van der Waals surface area contributed by atoms with E-state index in [0.717, 1.165) is 17.7 Å². The lowest BCUT2D eigenvalue weighted by Gasteiger charge is -2.02. The Kier molecular flexibility index (Phi) is 5.26. The van der Waals surface area contributed by atoms with E-state index in [4.69, 9.17) is 0 Å². The number of hydrogen-bond acceptors (Lipinski definition) is 2. The van der Waals surface area contributed by atoms with Crippen molar-refractivity contribution in [1.82, 2.24) is 0 Å². The number of carbonyl (C=O) groups excluding carboxylic acids is 2. The highest BCUT2D eigenvalue weighted by Gasteiger charge is 2.01. The fraction of sp³-hybridized carbons (Fsp3) is 0.158. The quantitative estimate of drug-likeness (QED) is 0.666. The molecule has 0 heterocycles. The molecule has 0 spiro atoms. The highest BCUT2D eigenvalue weighted by Crippen LogP contribution is 2.12. The van der Waals surface area contributed by atoms with Crippen LogP contribution in [0.15, 0.2) is 54.6 Å². The molecule has 2 aromatic rings. The minimum absolute atomic E-state index is 0.0198. The maximum atomic E-state index is 12.1. The first-order valence-electron chi connectivity index (χ1n) is 7.27. The lowest BCUT2D eigenvalue weighted by molar-refractivity contribution is -0.114. The Morgan fingerprint density at radius 3 is 2.18 bits per heavy atom. The minimum atomic E-state index is -0.103. The van der Waals surface area contributed by atoms with E-state index < -0.39 is 0 Å². The van der Waals surface area contributed by atoms with Crippen LogP contribution in [0.2, 0.25) is 0 Å². The molecule has 0 aromatic heterocycles. The third kappa shape index (κ3) is 4.42. The van der Waals surface area contributed by atoms with E-state index >= 15 is 0 Å². The second-order valence-corrected chi connectivity index (χ2v) is 5.05. The van der Waals surface area contributed by atoms with Crippen LogP contribution in [0.25, 0.3) is 6.08 Å². The summed E-state index contributed by atoms with van der Waals surface area (Å²) in [5.74, 6) is -0.123. The summed E-state index contributed by atoms with van der Waals surface area (Å²) in [5.41, 5.74) is 3.55. The fourth-order valence-electron chi connectivity index (χ4n) is 2.05. The topological polar surface area (TPSA) is 46.2 Å². The zero-order valence-corrected chi connectivity index (χ0v) is 12.8. The predicted molar refractivity (Wildman–Crippen MR) is 89.9 cm³/mol. The number of benzene rings is 2. The monoisotopic (exact) mass is 293 g/mol. The summed E-state index contributed by atoms with van der Waals surface area (Å²) < 4.78 is 0. The van der Waals surface area contributed by atoms with Crippen molar-refractivity contribution in [3.8, 4) is 0 Å². The van der Waals surface area contributed by atoms with Gasteiger partial charge < -0.3 is 5.32 Å². The summed E-state index contributed by atoms with van der Waals surface area (Å²) >= 11 is 0. The molecule has 2 rings (SSSR count). The average molecular weight is 293 g/mol. The minimum Gasteiger partial charge on any atom is -0.326 e. The number of allylic oxidation sites excluding steroid dienone is 1. The summed E-state index contributed by atoms with van der Waals surface area (Å²) in [6, 6.07) is 15.0. The van der Waals surface area contributed by atoms with Crippen molar-refractivity contribution in [3.05, 3.63) is 71.3 Å². The Hall–Kier alpha value is -2.68. The van der Waals surface area contributed by atoms with Crippen LogP contribution in [0.4, 0.5) is 5.69 Å². The van der Waals surface area contributed by atoms with Gasteiger partial charge in [0.1, 0.15) is 0 Å². The van der Waals surface area contributed by atoms with E-state index in [2.05, 4.69) is 12.2 Å². The van der Waals surface area contributed by atoms with Crippen LogP contribution < -0.4 is 5.32 Å². The van der Waals surface area contributed by atoms with Gasteiger partial charge in [-0.15, -0.1) is 0 Å². The summed E-state index contributed by atoms with van der Waals surface area (Å²) in [5, 5.41) is 2.70. The van der Waals surface area contributed by atoms with Crippen LogP contribution >= 0.6 is 0 Å². The molecule has 0 aliphatic rings. The average Bonchev–Trinajstić information content (AvgIpc) is 2.53. The maximum absolute atomic E-state index is 12.1. The first-order chi connectivity index (χ1) is 10.6. The highest BCUT2D eigenvalue weighted by atomic mass is 16.1. The van der Waals surface area contributed by atoms with Gasteiger partial charge in [-0.3, -0.25) is 9.59 Å². The van der Waals surface area contributed by atoms with Gasteiger partial charge in [0.25, 0.3) is 0 Å². The van der Waals surface area contributed by atoms with Crippen molar-refractivity contribution in [2.24, 2.45) is 0 Å². The second-order valence-electron chi connectivity index (χ2n) is 5.05. The van der Waals surface area contributed by atoms with Gasteiger partial charge >= 0.3 is 0 Å². The highest BCUT2D eigenvalue weighted by molar-refractivity contribution is 6.06. The number of amides is 1. The summed E-state index contributed by atoms with van der Waals surface area (Å²) in [6.07, 6.45) is 4.30. The molecule has 0 radical (unpaired) electrons. The van der Waals surface area contributed by atoms with Crippen LogP contribution in [-0.4, -0.2) is 11.7 Å². The molecule has 0 aliphatic heterocycles. The zero-order valence-electron chi connectivity index (χ0n) is 12.8. The molecule has 0 saturated heterocycles. The van der Waals surface area contributed by atoms with E-state index in [0.29, 0.717) is 5.56 Å². The largest absolute Gasteiger partial charge is 0.326 e. The van der Waals surface area contributed by atoms with E-state index in [1.807, 2.05) is 48.5 Å². The van der Waals surface area contributed by atoms with Crippen molar-refractivity contribution in [2.45, 2.75) is 20.3 Å². The lowest BCUT2D eigenvalue weighted by Crippen LogP contribution is -2.05. The number of rotatable bonds is 5. The molecule has 22 heavy (non-hydrogen) atoms. The van der Waals surface area contributed by atoms with Crippen molar-refractivity contribution >= 4 is 23.5 Å². The van der Waals surface area contributed by atoms with E-state index in [-0.39, 0.29) is 11.7 Å². The molecule has 112 valence electrons. The first-order valence-corrected chi connectivity index (χ1v) is 7.27. The number of carbonyl (C=O) groups is 2. The molecule has 0 saturated carbocycles. The Labute approximate surface area is 130 Å². The van der Waals surface area contributed by atoms with Crippen molar-refractivity contribution in [1.29, 1.82) is 0 Å². The number of hydrogen-bond donors (Lipinski definition) is 1. The molecule has 0 atom stereocenters. The van der Waals surface area contributed by atoms with Crippen LogP contribution in [-0.2, 0) is 11.2 Å². The van der Waals surface area contributed by atoms with Gasteiger partial charge in [0, 0.05) is 18.2 Å². The van der Waals surface area contributed by atoms with Crippen molar-refractivity contribution < 1.29 is 9.59 Å². The molecule has 3 nitrogen and oxygen atoms in total. The third-order valence-electron chi connectivity index (χ3n) is 3.30. The van der Waals surface area contributed by atoms with Gasteiger partial charge in [-0.2, -0.15) is 0 Å². The normalized spacial score (nSPS) is 10.6. The zero-order chi connectivity index (χ0) is 15.9. The molecule has 2 aromatic carbocycles. The molecule has 0 fully saturated rings. The number of aryl methyl sites for hydroxylation is 1. The second kappa shape index (κ2) is 7.36. The first kappa shape index (κ1) is 15.7. The number of anilines is 1. The number of ketones is 1. The molecule has 1 N–H and O–H groups in total. The Balaban J connectivity index is 2.03. The van der Waals surface area contributed by atoms with Gasteiger partial charge in [-0.25, -0.2) is 0 Å². The van der Waals surface area contributed by atoms with Crippen molar-refractivity contribution in [2.75, 3.05) is 5.32 Å². The van der Waals surface area contributed by atoms with Crippen LogP contribution in [0.5, 0.6) is 0 Å². The predicted octanol–water partition coefficient (Wildman–Crippen LogP) is 4.10. The maximum Gasteiger partial charge on any atom is 0.221 e. The molecule has 0 unspecified atom stereocenters. The van der Waals surface area contributed by atoms with Gasteiger partial charge in [-0.1, -0.05) is 49.4 Å². The molecule has 1 amide bonds. The van der Waals surface area contributed by atoms with Crippen molar-refractivity contribution in [3.63, 3.8) is 0 Å². The van der Waals surface area contributed by atoms with Gasteiger partial charge in [0.2, 0.25) is 5.91 Å². The van der Waals surface area contributed by atoms with E-state index in [1.54, 1.807) is 12.2 Å². The van der Waals surface area contributed by atoms with Gasteiger partial charge in [-0.05, 0) is 35.8 Å². The van der Waals surface area contributed by atoms with Crippen LogP contribution in [0.3, 0.4) is 0 Å². The fourth-order valence-corrected chi connectivity index (χ4v) is 2.05. The molecule has 0 bridgehead atoms.